The molecule has 0 bridgehead atoms. The van der Waals surface area contributed by atoms with Crippen molar-refractivity contribution >= 4 is 0 Å². The van der Waals surface area contributed by atoms with Crippen LogP contribution in [0.25, 0.3) is 0 Å². The first-order chi connectivity index (χ1) is 8.69. The third-order valence-electron chi connectivity index (χ3n) is 2.81. The summed E-state index contributed by atoms with van der Waals surface area (Å²) in [5, 5.41) is 12.5. The first kappa shape index (κ1) is 15.0. The summed E-state index contributed by atoms with van der Waals surface area (Å²) in [6, 6.07) is 8.30. The molecule has 2 atom stereocenters. The Balaban J connectivity index is 2.44. The minimum absolute atomic E-state index is 0.0109. The standard InChI is InChI=1S/C14H23NO3/c1-11(15-13(9-16)10-17-2)8-12-4-6-14(18-3)7-5-12/h4-7,11,13,15-16H,8-10H2,1-3H3. The zero-order valence-electron chi connectivity index (χ0n) is 11.3. The Kier molecular flexibility index (Phi) is 6.72. The Morgan fingerprint density at radius 2 is 1.89 bits per heavy atom. The van der Waals surface area contributed by atoms with Crippen LogP contribution in [0.5, 0.6) is 5.75 Å². The highest BCUT2D eigenvalue weighted by molar-refractivity contribution is 5.27. The van der Waals surface area contributed by atoms with Crippen molar-refractivity contribution in [2.45, 2.75) is 25.4 Å². The molecule has 0 spiro atoms. The lowest BCUT2D eigenvalue weighted by atomic mass is 10.1. The van der Waals surface area contributed by atoms with Gasteiger partial charge in [-0.05, 0) is 31.0 Å². The van der Waals surface area contributed by atoms with Crippen molar-refractivity contribution in [1.82, 2.24) is 5.32 Å². The number of nitrogens with one attached hydrogen (secondary N) is 1. The Hall–Kier alpha value is -1.10. The van der Waals surface area contributed by atoms with Gasteiger partial charge < -0.3 is 19.9 Å². The molecule has 2 N–H and O–H groups in total. The second-order valence-electron chi connectivity index (χ2n) is 4.45. The van der Waals surface area contributed by atoms with Gasteiger partial charge in [0, 0.05) is 13.2 Å². The van der Waals surface area contributed by atoms with E-state index in [4.69, 9.17) is 9.47 Å². The third-order valence-corrected chi connectivity index (χ3v) is 2.81. The summed E-state index contributed by atoms with van der Waals surface area (Å²) in [6.07, 6.45) is 0.907. The van der Waals surface area contributed by atoms with E-state index in [1.807, 2.05) is 12.1 Å². The van der Waals surface area contributed by atoms with Crippen LogP contribution in [-0.4, -0.2) is 44.6 Å². The third kappa shape index (κ3) is 5.04. The highest BCUT2D eigenvalue weighted by Gasteiger charge is 2.11. The minimum Gasteiger partial charge on any atom is -0.497 e. The van der Waals surface area contributed by atoms with Crippen LogP contribution < -0.4 is 10.1 Å². The molecule has 4 heteroatoms. The van der Waals surface area contributed by atoms with E-state index in [0.717, 1.165) is 12.2 Å². The predicted molar refractivity (Wildman–Crippen MR) is 72.0 cm³/mol. The predicted octanol–water partition coefficient (Wildman–Crippen LogP) is 1.22. The van der Waals surface area contributed by atoms with Crippen LogP contribution in [0.2, 0.25) is 0 Å². The molecule has 0 aliphatic carbocycles. The average molecular weight is 253 g/mol. The summed E-state index contributed by atoms with van der Waals surface area (Å²) in [4.78, 5) is 0. The van der Waals surface area contributed by atoms with Gasteiger partial charge in [0.2, 0.25) is 0 Å². The molecule has 2 unspecified atom stereocenters. The number of methoxy groups -OCH3 is 2. The summed E-state index contributed by atoms with van der Waals surface area (Å²) in [7, 11) is 3.30. The van der Waals surface area contributed by atoms with Crippen molar-refractivity contribution in [2.75, 3.05) is 27.4 Å². The number of hydrogen-bond acceptors (Lipinski definition) is 4. The lowest BCUT2D eigenvalue weighted by Crippen LogP contribution is -2.42. The lowest BCUT2D eigenvalue weighted by Gasteiger charge is -2.21. The zero-order chi connectivity index (χ0) is 13.4. The van der Waals surface area contributed by atoms with Crippen LogP contribution in [-0.2, 0) is 11.2 Å². The Labute approximate surface area is 109 Å². The molecule has 0 saturated carbocycles. The monoisotopic (exact) mass is 253 g/mol. The molecule has 0 amide bonds. The normalized spacial score (nSPS) is 14.2. The molecule has 18 heavy (non-hydrogen) atoms. The molecular weight excluding hydrogens is 230 g/mol. The van der Waals surface area contributed by atoms with Crippen molar-refractivity contribution in [3.8, 4) is 5.75 Å². The molecule has 0 heterocycles. The largest absolute Gasteiger partial charge is 0.497 e. The molecule has 0 aliphatic heterocycles. The van der Waals surface area contributed by atoms with E-state index in [2.05, 4.69) is 24.4 Å². The van der Waals surface area contributed by atoms with E-state index >= 15 is 0 Å². The molecule has 0 aliphatic rings. The highest BCUT2D eigenvalue weighted by atomic mass is 16.5. The van der Waals surface area contributed by atoms with Crippen LogP contribution in [0.15, 0.2) is 24.3 Å². The van der Waals surface area contributed by atoms with Gasteiger partial charge in [0.05, 0.1) is 26.4 Å². The first-order valence-electron chi connectivity index (χ1n) is 6.18. The second-order valence-corrected chi connectivity index (χ2v) is 4.45. The van der Waals surface area contributed by atoms with Crippen molar-refractivity contribution in [2.24, 2.45) is 0 Å². The van der Waals surface area contributed by atoms with E-state index in [1.54, 1.807) is 14.2 Å². The van der Waals surface area contributed by atoms with Gasteiger partial charge in [-0.1, -0.05) is 12.1 Å². The molecule has 1 rings (SSSR count). The summed E-state index contributed by atoms with van der Waals surface area (Å²) >= 11 is 0. The van der Waals surface area contributed by atoms with Crippen LogP contribution in [0, 0.1) is 0 Å². The van der Waals surface area contributed by atoms with Crippen molar-refractivity contribution in [3.05, 3.63) is 29.8 Å². The topological polar surface area (TPSA) is 50.7 Å². The summed E-state index contributed by atoms with van der Waals surface area (Å²) in [5.41, 5.74) is 1.24. The maximum absolute atomic E-state index is 9.18. The van der Waals surface area contributed by atoms with Crippen LogP contribution in [0.4, 0.5) is 0 Å². The fourth-order valence-corrected chi connectivity index (χ4v) is 1.93. The molecule has 0 saturated heterocycles. The molecule has 0 aromatic heterocycles. The Bertz CT molecular complexity index is 326. The summed E-state index contributed by atoms with van der Waals surface area (Å²) in [5.74, 6) is 0.868. The van der Waals surface area contributed by atoms with Crippen LogP contribution in [0.3, 0.4) is 0 Å². The van der Waals surface area contributed by atoms with Gasteiger partial charge in [-0.25, -0.2) is 0 Å². The highest BCUT2D eigenvalue weighted by Crippen LogP contribution is 2.12. The molecule has 0 radical (unpaired) electrons. The van der Waals surface area contributed by atoms with Crippen molar-refractivity contribution in [1.29, 1.82) is 0 Å². The van der Waals surface area contributed by atoms with E-state index < -0.39 is 0 Å². The van der Waals surface area contributed by atoms with E-state index in [1.165, 1.54) is 5.56 Å². The van der Waals surface area contributed by atoms with E-state index in [-0.39, 0.29) is 18.7 Å². The average Bonchev–Trinajstić information content (AvgIpc) is 2.39. The molecule has 4 nitrogen and oxygen atoms in total. The van der Waals surface area contributed by atoms with Crippen molar-refractivity contribution in [3.63, 3.8) is 0 Å². The quantitative estimate of drug-likeness (QED) is 0.731. The molecule has 0 fully saturated rings. The molecule has 1 aromatic rings. The van der Waals surface area contributed by atoms with Gasteiger partial charge in [-0.3, -0.25) is 0 Å². The summed E-state index contributed by atoms with van der Waals surface area (Å²) < 4.78 is 10.2. The SMILES string of the molecule is COCC(CO)NC(C)Cc1ccc(OC)cc1. The molecular formula is C14H23NO3. The summed E-state index contributed by atoms with van der Waals surface area (Å²) in [6.45, 7) is 2.70. The van der Waals surface area contributed by atoms with Crippen LogP contribution >= 0.6 is 0 Å². The molecule has 1 aromatic carbocycles. The fraction of sp³-hybridized carbons (Fsp3) is 0.571. The first-order valence-corrected chi connectivity index (χ1v) is 6.18. The minimum atomic E-state index is -0.0109. The smallest absolute Gasteiger partial charge is 0.118 e. The van der Waals surface area contributed by atoms with Crippen LogP contribution in [0.1, 0.15) is 12.5 Å². The number of ether oxygens (including phenoxy) is 2. The number of hydrogen-bond donors (Lipinski definition) is 2. The van der Waals surface area contributed by atoms with E-state index in [0.29, 0.717) is 6.61 Å². The molecule has 102 valence electrons. The van der Waals surface area contributed by atoms with Gasteiger partial charge in [0.15, 0.2) is 0 Å². The Morgan fingerprint density at radius 3 is 2.39 bits per heavy atom. The van der Waals surface area contributed by atoms with Gasteiger partial charge in [0.1, 0.15) is 5.75 Å². The van der Waals surface area contributed by atoms with E-state index in [9.17, 15) is 5.11 Å². The van der Waals surface area contributed by atoms with Gasteiger partial charge in [0.25, 0.3) is 0 Å². The number of rotatable bonds is 8. The van der Waals surface area contributed by atoms with Gasteiger partial charge >= 0.3 is 0 Å². The second kappa shape index (κ2) is 8.08. The van der Waals surface area contributed by atoms with Crippen molar-refractivity contribution < 1.29 is 14.6 Å². The fourth-order valence-electron chi connectivity index (χ4n) is 1.93. The number of aliphatic hydroxyl groups is 1. The number of aliphatic hydroxyl groups excluding tert-OH is 1. The maximum atomic E-state index is 9.18. The van der Waals surface area contributed by atoms with Gasteiger partial charge in [-0.2, -0.15) is 0 Å². The lowest BCUT2D eigenvalue weighted by molar-refractivity contribution is 0.123. The Morgan fingerprint density at radius 1 is 1.22 bits per heavy atom. The maximum Gasteiger partial charge on any atom is 0.118 e. The number of benzene rings is 1. The van der Waals surface area contributed by atoms with Gasteiger partial charge in [-0.15, -0.1) is 0 Å². The zero-order valence-corrected chi connectivity index (χ0v) is 11.3.